The van der Waals surface area contributed by atoms with E-state index in [1.165, 1.54) is 24.3 Å². The number of carboxylic acids is 1. The molecule has 0 heterocycles. The van der Waals surface area contributed by atoms with Crippen molar-refractivity contribution in [1.82, 2.24) is 0 Å². The van der Waals surface area contributed by atoms with Crippen LogP contribution in [-0.2, 0) is 4.79 Å². The monoisotopic (exact) mass is 432 g/mol. The summed E-state index contributed by atoms with van der Waals surface area (Å²) < 4.78 is 42.8. The lowest BCUT2D eigenvalue weighted by molar-refractivity contribution is -0.153. The summed E-state index contributed by atoms with van der Waals surface area (Å²) in [5.41, 5.74) is 1.34. The molecule has 0 bridgehead atoms. The molecule has 0 aliphatic heterocycles. The van der Waals surface area contributed by atoms with Crippen LogP contribution in [0.4, 0.5) is 13.2 Å². The second-order valence-corrected chi connectivity index (χ2v) is 7.67. The second kappa shape index (κ2) is 8.21. The molecule has 0 saturated heterocycles. The zero-order chi connectivity index (χ0) is 20.5. The third kappa shape index (κ3) is 5.32. The SMILES string of the molecule is O=C(O)C(CC1CC1)c1ccc(OCC(F)(F)F)c(-c2ccc(Cl)c(Cl)c2)c1. The minimum absolute atomic E-state index is 0.00461. The van der Waals surface area contributed by atoms with E-state index in [2.05, 4.69) is 0 Å². The summed E-state index contributed by atoms with van der Waals surface area (Å²) in [6.45, 7) is -1.45. The molecular weight excluding hydrogens is 416 g/mol. The number of hydrogen-bond acceptors (Lipinski definition) is 2. The van der Waals surface area contributed by atoms with E-state index in [1.54, 1.807) is 12.1 Å². The number of rotatable bonds is 7. The van der Waals surface area contributed by atoms with Crippen molar-refractivity contribution in [1.29, 1.82) is 0 Å². The maximum Gasteiger partial charge on any atom is 0.422 e. The Balaban J connectivity index is 2.02. The van der Waals surface area contributed by atoms with Crippen LogP contribution >= 0.6 is 23.2 Å². The van der Waals surface area contributed by atoms with Gasteiger partial charge >= 0.3 is 12.1 Å². The van der Waals surface area contributed by atoms with Crippen molar-refractivity contribution in [3.8, 4) is 16.9 Å². The van der Waals surface area contributed by atoms with Crippen LogP contribution in [-0.4, -0.2) is 23.9 Å². The standard InChI is InChI=1S/C20H17Cl2F3O3/c21-16-5-3-13(9-17(16)22)14-8-12(15(19(26)27)7-11-1-2-11)4-6-18(14)28-10-20(23,24)25/h3-6,8-9,11,15H,1-2,7,10H2,(H,26,27). The van der Waals surface area contributed by atoms with Gasteiger partial charge in [-0.1, -0.05) is 48.2 Å². The largest absolute Gasteiger partial charge is 0.483 e. The molecule has 1 atom stereocenters. The van der Waals surface area contributed by atoms with E-state index in [0.717, 1.165) is 12.8 Å². The number of ether oxygens (including phenoxy) is 1. The van der Waals surface area contributed by atoms with Crippen molar-refractivity contribution >= 4 is 29.2 Å². The van der Waals surface area contributed by atoms with Crippen LogP contribution in [0.25, 0.3) is 11.1 Å². The van der Waals surface area contributed by atoms with Crippen LogP contribution in [0.3, 0.4) is 0 Å². The predicted octanol–water partition coefficient (Wildman–Crippen LogP) is 6.57. The minimum atomic E-state index is -4.50. The third-order valence-electron chi connectivity index (χ3n) is 4.59. The van der Waals surface area contributed by atoms with Crippen LogP contribution in [0.1, 0.15) is 30.7 Å². The van der Waals surface area contributed by atoms with Gasteiger partial charge in [-0.3, -0.25) is 4.79 Å². The van der Waals surface area contributed by atoms with E-state index in [-0.39, 0.29) is 10.8 Å². The molecule has 150 valence electrons. The fourth-order valence-electron chi connectivity index (χ4n) is 3.01. The molecule has 0 amide bonds. The molecule has 1 unspecified atom stereocenters. The summed E-state index contributed by atoms with van der Waals surface area (Å²) in [6.07, 6.45) is -2.01. The van der Waals surface area contributed by atoms with Gasteiger partial charge in [0.25, 0.3) is 0 Å². The summed E-state index contributed by atoms with van der Waals surface area (Å²) >= 11 is 12.0. The molecule has 2 aromatic rings. The Morgan fingerprint density at radius 2 is 1.86 bits per heavy atom. The molecule has 3 rings (SSSR count). The lowest BCUT2D eigenvalue weighted by atomic mass is 9.90. The Bertz CT molecular complexity index is 879. The molecule has 0 spiro atoms. The summed E-state index contributed by atoms with van der Waals surface area (Å²) in [4.78, 5) is 11.7. The number of halogens is 5. The highest BCUT2D eigenvalue weighted by Crippen LogP contribution is 2.41. The highest BCUT2D eigenvalue weighted by Gasteiger charge is 2.32. The lowest BCUT2D eigenvalue weighted by Gasteiger charge is -2.18. The maximum absolute atomic E-state index is 12.6. The first kappa shape index (κ1) is 20.8. The van der Waals surface area contributed by atoms with Crippen molar-refractivity contribution in [3.63, 3.8) is 0 Å². The summed E-state index contributed by atoms with van der Waals surface area (Å²) in [5, 5.41) is 10.1. The van der Waals surface area contributed by atoms with Crippen molar-refractivity contribution in [3.05, 3.63) is 52.0 Å². The van der Waals surface area contributed by atoms with E-state index >= 15 is 0 Å². The second-order valence-electron chi connectivity index (χ2n) is 6.86. The van der Waals surface area contributed by atoms with Crippen molar-refractivity contribution in [2.75, 3.05) is 6.61 Å². The van der Waals surface area contributed by atoms with Gasteiger partial charge in [0.2, 0.25) is 0 Å². The summed E-state index contributed by atoms with van der Waals surface area (Å²) in [5.74, 6) is -1.33. The quantitative estimate of drug-likeness (QED) is 0.537. The van der Waals surface area contributed by atoms with Crippen molar-refractivity contribution < 1.29 is 27.8 Å². The number of hydrogen-bond donors (Lipinski definition) is 1. The van der Waals surface area contributed by atoms with Gasteiger partial charge in [-0.05, 0) is 47.7 Å². The zero-order valence-electron chi connectivity index (χ0n) is 14.6. The van der Waals surface area contributed by atoms with Crippen molar-refractivity contribution in [2.24, 2.45) is 5.92 Å². The number of carbonyl (C=O) groups is 1. The molecule has 3 nitrogen and oxygen atoms in total. The van der Waals surface area contributed by atoms with Crippen LogP contribution in [0, 0.1) is 5.92 Å². The van der Waals surface area contributed by atoms with E-state index < -0.39 is 24.7 Å². The molecule has 0 aromatic heterocycles. The number of carboxylic acid groups (broad SMARTS) is 1. The van der Waals surface area contributed by atoms with Crippen LogP contribution in [0.15, 0.2) is 36.4 Å². The average Bonchev–Trinajstić information content (AvgIpc) is 3.43. The fourth-order valence-corrected chi connectivity index (χ4v) is 3.30. The van der Waals surface area contributed by atoms with E-state index in [0.29, 0.717) is 34.1 Å². The first-order valence-electron chi connectivity index (χ1n) is 8.66. The van der Waals surface area contributed by atoms with Gasteiger partial charge in [0.05, 0.1) is 16.0 Å². The minimum Gasteiger partial charge on any atom is -0.483 e. The number of alkyl halides is 3. The predicted molar refractivity (Wildman–Crippen MR) is 101 cm³/mol. The van der Waals surface area contributed by atoms with E-state index in [4.69, 9.17) is 27.9 Å². The molecule has 1 saturated carbocycles. The summed E-state index contributed by atoms with van der Waals surface area (Å²) in [7, 11) is 0. The molecule has 2 aromatic carbocycles. The Hall–Kier alpha value is -1.92. The molecule has 1 aliphatic rings. The highest BCUT2D eigenvalue weighted by atomic mass is 35.5. The maximum atomic E-state index is 12.6. The zero-order valence-corrected chi connectivity index (χ0v) is 16.1. The Morgan fingerprint density at radius 1 is 1.14 bits per heavy atom. The van der Waals surface area contributed by atoms with Crippen LogP contribution in [0.2, 0.25) is 10.0 Å². The lowest BCUT2D eigenvalue weighted by Crippen LogP contribution is -2.19. The van der Waals surface area contributed by atoms with Crippen LogP contribution < -0.4 is 4.74 Å². The average molecular weight is 433 g/mol. The van der Waals surface area contributed by atoms with Crippen molar-refractivity contribution in [2.45, 2.75) is 31.4 Å². The molecular formula is C20H17Cl2F3O3. The topological polar surface area (TPSA) is 46.5 Å². The van der Waals surface area contributed by atoms with Gasteiger partial charge in [0.1, 0.15) is 5.75 Å². The van der Waals surface area contributed by atoms with Gasteiger partial charge < -0.3 is 9.84 Å². The van der Waals surface area contributed by atoms with Crippen LogP contribution in [0.5, 0.6) is 5.75 Å². The van der Waals surface area contributed by atoms with E-state index in [9.17, 15) is 23.1 Å². The molecule has 1 N–H and O–H groups in total. The molecule has 8 heteroatoms. The Morgan fingerprint density at radius 3 is 2.43 bits per heavy atom. The molecule has 28 heavy (non-hydrogen) atoms. The number of aliphatic carboxylic acids is 1. The molecule has 0 radical (unpaired) electrons. The Labute approximate surface area is 170 Å². The highest BCUT2D eigenvalue weighted by molar-refractivity contribution is 6.42. The van der Waals surface area contributed by atoms with E-state index in [1.807, 2.05) is 0 Å². The third-order valence-corrected chi connectivity index (χ3v) is 5.33. The van der Waals surface area contributed by atoms with Gasteiger partial charge in [0.15, 0.2) is 6.61 Å². The van der Waals surface area contributed by atoms with Gasteiger partial charge in [0, 0.05) is 5.56 Å². The first-order chi connectivity index (χ1) is 13.1. The smallest absolute Gasteiger partial charge is 0.422 e. The van der Waals surface area contributed by atoms with Gasteiger partial charge in [-0.25, -0.2) is 0 Å². The normalized spacial score (nSPS) is 15.3. The molecule has 1 aliphatic carbocycles. The molecule has 1 fully saturated rings. The number of benzene rings is 2. The Kier molecular flexibility index (Phi) is 6.10. The first-order valence-corrected chi connectivity index (χ1v) is 9.41. The summed E-state index contributed by atoms with van der Waals surface area (Å²) in [6, 6.07) is 9.09. The van der Waals surface area contributed by atoms with Gasteiger partial charge in [-0.2, -0.15) is 13.2 Å². The fraction of sp³-hybridized carbons (Fsp3) is 0.350. The van der Waals surface area contributed by atoms with Gasteiger partial charge in [-0.15, -0.1) is 0 Å².